The highest BCUT2D eigenvalue weighted by molar-refractivity contribution is 6.22. The molecule has 4 rings (SSSR count). The molecule has 4 heteroatoms. The topological polar surface area (TPSA) is 50.3 Å². The Kier molecular flexibility index (Phi) is 2.03. The molecule has 4 atom stereocenters. The lowest BCUT2D eigenvalue weighted by Crippen LogP contribution is -2.34. The number of imide groups is 1. The number of hydrogen-bond acceptors (Lipinski definition) is 3. The minimum absolute atomic E-state index is 0.0614. The summed E-state index contributed by atoms with van der Waals surface area (Å²) in [6.07, 6.45) is 6.79. The van der Waals surface area contributed by atoms with Gasteiger partial charge < -0.3 is 0 Å². The number of hydrogen-bond donors (Lipinski definition) is 0. The van der Waals surface area contributed by atoms with E-state index in [0.29, 0.717) is 5.82 Å². The van der Waals surface area contributed by atoms with Crippen LogP contribution < -0.4 is 4.90 Å². The van der Waals surface area contributed by atoms with E-state index in [9.17, 15) is 9.59 Å². The van der Waals surface area contributed by atoms with Gasteiger partial charge in [0.15, 0.2) is 0 Å². The van der Waals surface area contributed by atoms with Crippen LogP contribution in [-0.4, -0.2) is 16.8 Å². The van der Waals surface area contributed by atoms with E-state index >= 15 is 0 Å². The monoisotopic (exact) mass is 254 g/mol. The minimum atomic E-state index is -0.149. The molecule has 2 fully saturated rings. The third-order valence-corrected chi connectivity index (χ3v) is 4.66. The van der Waals surface area contributed by atoms with Gasteiger partial charge in [-0.1, -0.05) is 18.2 Å². The third kappa shape index (κ3) is 1.26. The first-order chi connectivity index (χ1) is 9.18. The maximum absolute atomic E-state index is 12.6. The summed E-state index contributed by atoms with van der Waals surface area (Å²) in [4.78, 5) is 30.7. The van der Waals surface area contributed by atoms with Crippen molar-refractivity contribution in [1.82, 2.24) is 4.98 Å². The van der Waals surface area contributed by atoms with Crippen LogP contribution in [0.5, 0.6) is 0 Å². The molecule has 2 aliphatic carbocycles. The number of aryl methyl sites for hydroxylation is 1. The second-order valence-electron chi connectivity index (χ2n) is 5.66. The molecule has 0 unspecified atom stereocenters. The molecule has 3 aliphatic rings. The molecule has 1 saturated carbocycles. The van der Waals surface area contributed by atoms with Gasteiger partial charge in [-0.05, 0) is 36.8 Å². The number of carbonyl (C=O) groups is 2. The zero-order valence-electron chi connectivity index (χ0n) is 10.6. The highest BCUT2D eigenvalue weighted by Crippen LogP contribution is 2.53. The summed E-state index contributed by atoms with van der Waals surface area (Å²) >= 11 is 0. The Labute approximate surface area is 111 Å². The molecule has 19 heavy (non-hydrogen) atoms. The molecule has 0 spiro atoms. The van der Waals surface area contributed by atoms with Crippen molar-refractivity contribution in [3.63, 3.8) is 0 Å². The second-order valence-corrected chi connectivity index (χ2v) is 5.66. The van der Waals surface area contributed by atoms with E-state index in [4.69, 9.17) is 0 Å². The fourth-order valence-corrected chi connectivity index (χ4v) is 3.82. The van der Waals surface area contributed by atoms with E-state index in [0.717, 1.165) is 12.0 Å². The third-order valence-electron chi connectivity index (χ3n) is 4.66. The standard InChI is InChI=1S/C15H14N2O2/c1-8-3-2-6-16-13(8)17-14(18)11-9-4-5-10(7-9)12(11)15(17)19/h2-6,9-12H,7H2,1H3/t9-,10+,11-,12+. The van der Waals surface area contributed by atoms with Gasteiger partial charge in [0.25, 0.3) is 0 Å². The molecule has 1 aromatic heterocycles. The Hall–Kier alpha value is -1.97. The van der Waals surface area contributed by atoms with Crippen LogP contribution in [0.2, 0.25) is 0 Å². The van der Waals surface area contributed by atoms with Crippen molar-refractivity contribution in [3.8, 4) is 0 Å². The highest BCUT2D eigenvalue weighted by atomic mass is 16.2. The number of carbonyl (C=O) groups excluding carboxylic acids is 2. The van der Waals surface area contributed by atoms with Gasteiger partial charge in [-0.25, -0.2) is 9.88 Å². The Morgan fingerprint density at radius 3 is 2.37 bits per heavy atom. The number of nitrogens with zero attached hydrogens (tertiary/aromatic N) is 2. The Morgan fingerprint density at radius 2 is 1.79 bits per heavy atom. The van der Waals surface area contributed by atoms with Gasteiger partial charge in [0.2, 0.25) is 11.8 Å². The van der Waals surface area contributed by atoms with Crippen molar-refractivity contribution in [2.75, 3.05) is 4.90 Å². The van der Waals surface area contributed by atoms with Crippen molar-refractivity contribution in [3.05, 3.63) is 36.0 Å². The van der Waals surface area contributed by atoms with Gasteiger partial charge in [-0.3, -0.25) is 9.59 Å². The molecule has 0 aromatic carbocycles. The van der Waals surface area contributed by atoms with Gasteiger partial charge in [0.1, 0.15) is 5.82 Å². The van der Waals surface area contributed by atoms with Crippen LogP contribution in [0.4, 0.5) is 5.82 Å². The fraction of sp³-hybridized carbons (Fsp3) is 0.400. The van der Waals surface area contributed by atoms with E-state index in [2.05, 4.69) is 17.1 Å². The van der Waals surface area contributed by atoms with E-state index in [1.54, 1.807) is 6.20 Å². The summed E-state index contributed by atoms with van der Waals surface area (Å²) in [5.74, 6) is 0.586. The number of rotatable bonds is 1. The van der Waals surface area contributed by atoms with Crippen LogP contribution in [0.3, 0.4) is 0 Å². The van der Waals surface area contributed by atoms with Crippen molar-refractivity contribution < 1.29 is 9.59 Å². The number of aromatic nitrogens is 1. The summed E-state index contributed by atoms with van der Waals surface area (Å²) in [6, 6.07) is 3.69. The summed E-state index contributed by atoms with van der Waals surface area (Å²) in [5, 5.41) is 0. The Bertz CT molecular complexity index is 592. The van der Waals surface area contributed by atoms with E-state index < -0.39 is 0 Å². The SMILES string of the molecule is Cc1cccnc1N1C(=O)[C@@H]2[C@H](C1=O)[C@@H]1C=C[C@H]2C1. The van der Waals surface area contributed by atoms with Crippen LogP contribution in [-0.2, 0) is 9.59 Å². The molecule has 1 aromatic rings. The number of anilines is 1. The molecular formula is C15H14N2O2. The van der Waals surface area contributed by atoms with Crippen LogP contribution in [0, 0.1) is 30.6 Å². The number of pyridine rings is 1. The summed E-state index contributed by atoms with van der Waals surface area (Å²) in [6.45, 7) is 1.88. The fourth-order valence-electron chi connectivity index (χ4n) is 3.82. The molecule has 1 saturated heterocycles. The summed E-state index contributed by atoms with van der Waals surface area (Å²) < 4.78 is 0. The van der Waals surface area contributed by atoms with Gasteiger partial charge in [0.05, 0.1) is 11.8 Å². The normalized spacial score (nSPS) is 35.3. The predicted octanol–water partition coefficient (Wildman–Crippen LogP) is 1.70. The molecule has 0 N–H and O–H groups in total. The van der Waals surface area contributed by atoms with Gasteiger partial charge in [-0.2, -0.15) is 0 Å². The average molecular weight is 254 g/mol. The Morgan fingerprint density at radius 1 is 1.16 bits per heavy atom. The highest BCUT2D eigenvalue weighted by Gasteiger charge is 2.59. The smallest absolute Gasteiger partial charge is 0.239 e. The molecule has 4 nitrogen and oxygen atoms in total. The number of allylic oxidation sites excluding steroid dienone is 2. The number of amides is 2. The summed E-state index contributed by atoms with van der Waals surface area (Å²) in [5.41, 5.74) is 0.865. The minimum Gasteiger partial charge on any atom is -0.274 e. The molecule has 0 radical (unpaired) electrons. The lowest BCUT2D eigenvalue weighted by atomic mass is 9.85. The first-order valence-electron chi connectivity index (χ1n) is 6.66. The second kappa shape index (κ2) is 3.53. The summed E-state index contributed by atoms with van der Waals surface area (Å²) in [7, 11) is 0. The van der Waals surface area contributed by atoms with Crippen LogP contribution >= 0.6 is 0 Å². The van der Waals surface area contributed by atoms with Crippen LogP contribution in [0.25, 0.3) is 0 Å². The van der Waals surface area contributed by atoms with Crippen molar-refractivity contribution >= 4 is 17.6 Å². The molecule has 2 bridgehead atoms. The zero-order chi connectivity index (χ0) is 13.1. The van der Waals surface area contributed by atoms with Crippen molar-refractivity contribution in [1.29, 1.82) is 0 Å². The lowest BCUT2D eigenvalue weighted by molar-refractivity contribution is -0.123. The Balaban J connectivity index is 1.79. The van der Waals surface area contributed by atoms with Gasteiger partial charge >= 0.3 is 0 Å². The maximum Gasteiger partial charge on any atom is 0.239 e. The largest absolute Gasteiger partial charge is 0.274 e. The lowest BCUT2D eigenvalue weighted by Gasteiger charge is -2.17. The molecule has 1 aliphatic heterocycles. The van der Waals surface area contributed by atoms with Crippen molar-refractivity contribution in [2.45, 2.75) is 13.3 Å². The first kappa shape index (κ1) is 10.9. The quantitative estimate of drug-likeness (QED) is 0.566. The first-order valence-corrected chi connectivity index (χ1v) is 6.66. The van der Waals surface area contributed by atoms with Crippen LogP contribution in [0.1, 0.15) is 12.0 Å². The van der Waals surface area contributed by atoms with E-state index in [-0.39, 0.29) is 35.5 Å². The van der Waals surface area contributed by atoms with E-state index in [1.807, 2.05) is 19.1 Å². The van der Waals surface area contributed by atoms with E-state index in [1.165, 1.54) is 4.90 Å². The maximum atomic E-state index is 12.6. The molecule has 96 valence electrons. The van der Waals surface area contributed by atoms with Gasteiger partial charge in [-0.15, -0.1) is 0 Å². The zero-order valence-corrected chi connectivity index (χ0v) is 10.6. The molecular weight excluding hydrogens is 240 g/mol. The van der Waals surface area contributed by atoms with Crippen LogP contribution in [0.15, 0.2) is 30.5 Å². The van der Waals surface area contributed by atoms with Gasteiger partial charge in [0, 0.05) is 6.20 Å². The molecule has 2 heterocycles. The number of fused-ring (bicyclic) bond motifs is 5. The predicted molar refractivity (Wildman–Crippen MR) is 69.2 cm³/mol. The van der Waals surface area contributed by atoms with Crippen molar-refractivity contribution in [2.24, 2.45) is 23.7 Å². The molecule has 2 amide bonds. The average Bonchev–Trinajstić information content (AvgIpc) is 3.06.